The normalized spacial score (nSPS) is 14.8. The van der Waals surface area contributed by atoms with Gasteiger partial charge in [0.05, 0.1) is 5.92 Å². The summed E-state index contributed by atoms with van der Waals surface area (Å²) in [6, 6.07) is 24.1. The quantitative estimate of drug-likeness (QED) is 0.0476. The molecule has 0 aliphatic heterocycles. The van der Waals surface area contributed by atoms with E-state index in [0.29, 0.717) is 24.3 Å². The second-order valence-electron chi connectivity index (χ2n) is 16.4. The predicted molar refractivity (Wildman–Crippen MR) is 240 cm³/mol. The fourth-order valence-electron chi connectivity index (χ4n) is 8.03. The van der Waals surface area contributed by atoms with Crippen molar-refractivity contribution in [1.29, 1.82) is 0 Å². The molecule has 330 valence electrons. The third-order valence-electron chi connectivity index (χ3n) is 11.5. The third kappa shape index (κ3) is 12.2. The number of thiazole rings is 1. The standard InChI is InChI=1S/C49H60N4O8S/c1-9-24-59-48(57)32(6)25-35(26-34-18-12-11-13-19-34)50-45(55)41-29-62-46(51-41)43(61-33(7)54)27-42(30(3)4)53(8)47(56)44(31(5)10-2)52-49(58)60-28-40-38-22-16-14-20-36(38)37-21-15-17-23-39(37)40/h9,11-23,29-32,35,40,42-44H,1,10,24-28H2,2-8H3,(H,50,55)(H,52,58)/t31-,32-,35+,42+,43+,44-/m0/s1. The SMILES string of the molecule is C=CCOC(=O)[C@@H](C)C[C@H](Cc1ccccc1)NC(=O)c1csc([C@@H](C[C@H](C(C)C)N(C)C(=O)[C@@H](NC(=O)OCC2c3ccccc3-c3ccccc32)[C@@H](C)CC)OC(C)=O)n1. The van der Waals surface area contributed by atoms with Crippen LogP contribution in [0.3, 0.4) is 0 Å². The molecule has 0 bridgehead atoms. The van der Waals surface area contributed by atoms with Crippen LogP contribution >= 0.6 is 11.3 Å². The Labute approximate surface area is 369 Å². The predicted octanol–water partition coefficient (Wildman–Crippen LogP) is 8.67. The molecule has 12 nitrogen and oxygen atoms in total. The summed E-state index contributed by atoms with van der Waals surface area (Å²) < 4.78 is 16.9. The number of nitrogens with zero attached hydrogens (tertiary/aromatic N) is 2. The first-order valence-corrected chi connectivity index (χ1v) is 22.2. The van der Waals surface area contributed by atoms with Gasteiger partial charge in [-0.25, -0.2) is 9.78 Å². The van der Waals surface area contributed by atoms with Gasteiger partial charge in [-0.2, -0.15) is 0 Å². The van der Waals surface area contributed by atoms with Crippen LogP contribution in [-0.2, 0) is 35.0 Å². The van der Waals surface area contributed by atoms with E-state index in [-0.39, 0.29) is 55.0 Å². The van der Waals surface area contributed by atoms with Crippen LogP contribution in [0.2, 0.25) is 0 Å². The number of alkyl carbamates (subject to hydrolysis) is 1. The largest absolute Gasteiger partial charge is 0.461 e. The number of nitrogens with one attached hydrogen (secondary N) is 2. The fraction of sp³-hybridized carbons (Fsp3) is 0.429. The van der Waals surface area contributed by atoms with E-state index in [1.807, 2.05) is 82.3 Å². The first-order chi connectivity index (χ1) is 29.7. The molecule has 1 heterocycles. The lowest BCUT2D eigenvalue weighted by Gasteiger charge is -2.36. The summed E-state index contributed by atoms with van der Waals surface area (Å²) in [5.74, 6) is -2.63. The van der Waals surface area contributed by atoms with Crippen molar-refractivity contribution in [2.75, 3.05) is 20.3 Å². The number of amides is 3. The molecule has 0 unspecified atom stereocenters. The van der Waals surface area contributed by atoms with E-state index < -0.39 is 48.1 Å². The topological polar surface area (TPSA) is 153 Å². The third-order valence-corrected chi connectivity index (χ3v) is 12.5. The van der Waals surface area contributed by atoms with Gasteiger partial charge in [0.15, 0.2) is 6.10 Å². The Morgan fingerprint density at radius 1 is 0.871 bits per heavy atom. The molecule has 0 saturated heterocycles. The number of hydrogen-bond donors (Lipinski definition) is 2. The van der Waals surface area contributed by atoms with Gasteiger partial charge in [-0.1, -0.05) is 133 Å². The highest BCUT2D eigenvalue weighted by molar-refractivity contribution is 7.09. The zero-order valence-electron chi connectivity index (χ0n) is 36.8. The summed E-state index contributed by atoms with van der Waals surface area (Å²) in [5, 5.41) is 7.95. The summed E-state index contributed by atoms with van der Waals surface area (Å²) in [6.45, 7) is 14.7. The molecule has 3 aromatic carbocycles. The molecule has 6 atom stereocenters. The molecule has 1 aliphatic rings. The van der Waals surface area contributed by atoms with Crippen molar-refractivity contribution in [3.8, 4) is 11.1 Å². The van der Waals surface area contributed by atoms with E-state index in [0.717, 1.165) is 27.8 Å². The molecule has 0 spiro atoms. The molecule has 13 heteroatoms. The van der Waals surface area contributed by atoms with Crippen molar-refractivity contribution in [3.05, 3.63) is 124 Å². The lowest BCUT2D eigenvalue weighted by atomic mass is 9.93. The van der Waals surface area contributed by atoms with Crippen LogP contribution in [0.15, 0.2) is 96.9 Å². The van der Waals surface area contributed by atoms with Crippen LogP contribution < -0.4 is 10.6 Å². The van der Waals surface area contributed by atoms with Crippen molar-refractivity contribution < 1.29 is 38.2 Å². The zero-order chi connectivity index (χ0) is 44.9. The molecule has 5 rings (SSSR count). The molecule has 62 heavy (non-hydrogen) atoms. The number of fused-ring (bicyclic) bond motifs is 3. The second kappa shape index (κ2) is 22.3. The van der Waals surface area contributed by atoms with Gasteiger partial charge < -0.3 is 29.7 Å². The number of rotatable bonds is 21. The Morgan fingerprint density at radius 2 is 1.50 bits per heavy atom. The van der Waals surface area contributed by atoms with Gasteiger partial charge in [-0.05, 0) is 52.5 Å². The van der Waals surface area contributed by atoms with Crippen LogP contribution in [0.4, 0.5) is 4.79 Å². The summed E-state index contributed by atoms with van der Waals surface area (Å²) in [5.41, 5.74) is 5.54. The molecule has 2 N–H and O–H groups in total. The van der Waals surface area contributed by atoms with Gasteiger partial charge >= 0.3 is 18.0 Å². The maximum Gasteiger partial charge on any atom is 0.407 e. The minimum Gasteiger partial charge on any atom is -0.461 e. The number of ether oxygens (including phenoxy) is 3. The van der Waals surface area contributed by atoms with Crippen molar-refractivity contribution in [2.24, 2.45) is 17.8 Å². The molecule has 0 radical (unpaired) electrons. The van der Waals surface area contributed by atoms with Crippen LogP contribution in [-0.4, -0.2) is 78.1 Å². The molecule has 1 aromatic heterocycles. The highest BCUT2D eigenvalue weighted by Crippen LogP contribution is 2.44. The summed E-state index contributed by atoms with van der Waals surface area (Å²) in [7, 11) is 1.69. The Morgan fingerprint density at radius 3 is 2.10 bits per heavy atom. The number of aromatic nitrogens is 1. The smallest absolute Gasteiger partial charge is 0.407 e. The average Bonchev–Trinajstić information content (AvgIpc) is 3.88. The Hall–Kier alpha value is -5.82. The van der Waals surface area contributed by atoms with Gasteiger partial charge in [0.1, 0.15) is 30.0 Å². The molecular weight excluding hydrogens is 805 g/mol. The average molecular weight is 865 g/mol. The van der Waals surface area contributed by atoms with Crippen LogP contribution in [0.1, 0.15) is 105 Å². The first-order valence-electron chi connectivity index (χ1n) is 21.3. The van der Waals surface area contributed by atoms with Gasteiger partial charge in [-0.3, -0.25) is 19.2 Å². The highest BCUT2D eigenvalue weighted by atomic mass is 32.1. The van der Waals surface area contributed by atoms with E-state index in [1.165, 1.54) is 24.3 Å². The van der Waals surface area contributed by atoms with Gasteiger partial charge in [0.25, 0.3) is 5.91 Å². The van der Waals surface area contributed by atoms with E-state index in [1.54, 1.807) is 24.3 Å². The van der Waals surface area contributed by atoms with E-state index in [2.05, 4.69) is 46.5 Å². The van der Waals surface area contributed by atoms with Crippen LogP contribution in [0.25, 0.3) is 11.1 Å². The summed E-state index contributed by atoms with van der Waals surface area (Å²) in [4.78, 5) is 73.0. The molecule has 4 aromatic rings. The first kappa shape index (κ1) is 47.2. The van der Waals surface area contributed by atoms with Crippen molar-refractivity contribution in [2.45, 2.75) is 97.4 Å². The van der Waals surface area contributed by atoms with E-state index >= 15 is 0 Å². The lowest BCUT2D eigenvalue weighted by Crippen LogP contribution is -2.54. The van der Waals surface area contributed by atoms with Gasteiger partial charge in [0, 0.05) is 43.8 Å². The number of carbonyl (C=O) groups excluding carboxylic acids is 5. The second-order valence-corrected chi connectivity index (χ2v) is 17.3. The number of benzene rings is 3. The number of hydrogen-bond acceptors (Lipinski definition) is 10. The van der Waals surface area contributed by atoms with Crippen molar-refractivity contribution >= 4 is 41.2 Å². The molecule has 0 saturated carbocycles. The molecule has 0 fully saturated rings. The summed E-state index contributed by atoms with van der Waals surface area (Å²) in [6.07, 6.45) is 1.56. The van der Waals surface area contributed by atoms with Crippen molar-refractivity contribution in [3.63, 3.8) is 0 Å². The molecule has 3 amide bonds. The number of likely N-dealkylation sites (N-methyl/N-ethyl adjacent to an activating group) is 1. The lowest BCUT2D eigenvalue weighted by molar-refractivity contribution is -0.149. The van der Waals surface area contributed by atoms with Crippen LogP contribution in [0.5, 0.6) is 0 Å². The molecular formula is C49H60N4O8S. The monoisotopic (exact) mass is 864 g/mol. The van der Waals surface area contributed by atoms with Gasteiger partial charge in [0.2, 0.25) is 5.91 Å². The molecule has 1 aliphatic carbocycles. The highest BCUT2D eigenvalue weighted by Gasteiger charge is 2.37. The van der Waals surface area contributed by atoms with E-state index in [9.17, 15) is 24.0 Å². The zero-order valence-corrected chi connectivity index (χ0v) is 37.6. The number of carbonyl (C=O) groups is 5. The number of esters is 2. The maximum atomic E-state index is 14.4. The van der Waals surface area contributed by atoms with E-state index in [4.69, 9.17) is 14.2 Å². The minimum absolute atomic E-state index is 0.0994. The Balaban J connectivity index is 1.28. The van der Waals surface area contributed by atoms with Crippen LogP contribution in [0, 0.1) is 17.8 Å². The summed E-state index contributed by atoms with van der Waals surface area (Å²) >= 11 is 1.18. The minimum atomic E-state index is -0.889. The fourth-order valence-corrected chi connectivity index (χ4v) is 8.87. The Bertz CT molecular complexity index is 2130. The Kier molecular flexibility index (Phi) is 17.0. The van der Waals surface area contributed by atoms with Gasteiger partial charge in [-0.15, -0.1) is 11.3 Å². The maximum absolute atomic E-state index is 14.4. The van der Waals surface area contributed by atoms with Crippen molar-refractivity contribution in [1.82, 2.24) is 20.5 Å².